The predicted molar refractivity (Wildman–Crippen MR) is 101 cm³/mol. The topological polar surface area (TPSA) is 98.4 Å². The number of oxazole rings is 1. The zero-order chi connectivity index (χ0) is 19.6. The number of hydrogen-bond acceptors (Lipinski definition) is 7. The largest absolute Gasteiger partial charge is 0.459 e. The minimum Gasteiger partial charge on any atom is -0.459 e. The van der Waals surface area contributed by atoms with Crippen molar-refractivity contribution >= 4 is 10.0 Å². The molecule has 1 aliphatic rings. The van der Waals surface area contributed by atoms with Crippen molar-refractivity contribution in [3.8, 4) is 17.3 Å². The van der Waals surface area contributed by atoms with Crippen LogP contribution in [0.3, 0.4) is 0 Å². The van der Waals surface area contributed by atoms with Crippen LogP contribution >= 0.6 is 0 Å². The number of aryl methyl sites for hydroxylation is 1. The zero-order valence-electron chi connectivity index (χ0n) is 15.4. The summed E-state index contributed by atoms with van der Waals surface area (Å²) in [6.07, 6.45) is 5.94. The number of hydrogen-bond donors (Lipinski definition) is 0. The molecule has 1 aromatic carbocycles. The van der Waals surface area contributed by atoms with Gasteiger partial charge in [0.15, 0.2) is 5.89 Å². The van der Waals surface area contributed by atoms with E-state index in [9.17, 15) is 8.42 Å². The van der Waals surface area contributed by atoms with E-state index in [1.165, 1.54) is 4.31 Å². The van der Waals surface area contributed by atoms with Crippen LogP contribution in [0.4, 0.5) is 0 Å². The fourth-order valence-corrected chi connectivity index (χ4v) is 4.67. The second-order valence-corrected chi connectivity index (χ2v) is 8.49. The van der Waals surface area contributed by atoms with E-state index in [1.54, 1.807) is 55.9 Å². The van der Waals surface area contributed by atoms with E-state index in [1.807, 2.05) is 0 Å². The van der Waals surface area contributed by atoms with Gasteiger partial charge in [-0.15, -0.1) is 0 Å². The molecule has 1 saturated heterocycles. The molecule has 146 valence electrons. The fraction of sp³-hybridized carbons (Fsp3) is 0.316. The van der Waals surface area contributed by atoms with E-state index in [2.05, 4.69) is 15.0 Å². The van der Waals surface area contributed by atoms with Crippen LogP contribution in [0, 0.1) is 6.92 Å². The summed E-state index contributed by atoms with van der Waals surface area (Å²) in [6, 6.07) is 8.63. The van der Waals surface area contributed by atoms with E-state index < -0.39 is 10.0 Å². The van der Waals surface area contributed by atoms with Crippen molar-refractivity contribution in [3.63, 3.8) is 0 Å². The van der Waals surface area contributed by atoms with Crippen LogP contribution in [0.2, 0.25) is 0 Å². The van der Waals surface area contributed by atoms with Crippen LogP contribution < -0.4 is 4.74 Å². The van der Waals surface area contributed by atoms with Gasteiger partial charge in [0.1, 0.15) is 18.1 Å². The molecule has 1 unspecified atom stereocenters. The summed E-state index contributed by atoms with van der Waals surface area (Å²) in [5.41, 5.74) is 1.48. The highest BCUT2D eigenvalue weighted by molar-refractivity contribution is 7.89. The van der Waals surface area contributed by atoms with Crippen LogP contribution in [-0.2, 0) is 10.0 Å². The SMILES string of the molecule is Cc1nc(-c2ccc(S(=O)(=O)N3CCCC(Oc4ncccn4)C3)cc2)co1. The monoisotopic (exact) mass is 400 g/mol. The molecular weight excluding hydrogens is 380 g/mol. The Morgan fingerprint density at radius 3 is 2.61 bits per heavy atom. The Bertz CT molecular complexity index is 1040. The molecule has 3 aromatic rings. The lowest BCUT2D eigenvalue weighted by Crippen LogP contribution is -2.44. The van der Waals surface area contributed by atoms with Crippen molar-refractivity contribution in [1.82, 2.24) is 19.3 Å². The number of sulfonamides is 1. The highest BCUT2D eigenvalue weighted by atomic mass is 32.2. The Morgan fingerprint density at radius 1 is 1.18 bits per heavy atom. The molecule has 1 atom stereocenters. The Balaban J connectivity index is 1.49. The molecule has 0 spiro atoms. The van der Waals surface area contributed by atoms with E-state index in [0.29, 0.717) is 24.6 Å². The summed E-state index contributed by atoms with van der Waals surface area (Å²) in [4.78, 5) is 12.6. The number of rotatable bonds is 5. The van der Waals surface area contributed by atoms with Gasteiger partial charge in [-0.25, -0.2) is 23.4 Å². The molecule has 0 radical (unpaired) electrons. The summed E-state index contributed by atoms with van der Waals surface area (Å²) in [6.45, 7) is 2.49. The van der Waals surface area contributed by atoms with Gasteiger partial charge in [-0.3, -0.25) is 0 Å². The summed E-state index contributed by atoms with van der Waals surface area (Å²) < 4.78 is 38.5. The molecule has 0 aliphatic carbocycles. The third-order valence-electron chi connectivity index (χ3n) is 4.56. The molecule has 1 fully saturated rings. The van der Waals surface area contributed by atoms with Gasteiger partial charge in [0.2, 0.25) is 10.0 Å². The standard InChI is InChI=1S/C19H20N4O4S/c1-14-22-18(13-26-14)15-5-7-17(8-6-15)28(24,25)23-11-2-4-16(12-23)27-19-20-9-3-10-21-19/h3,5-10,13,16H,2,4,11-12H2,1H3. The van der Waals surface area contributed by atoms with Crippen LogP contribution in [0.25, 0.3) is 11.3 Å². The maximum atomic E-state index is 13.0. The smallest absolute Gasteiger partial charge is 0.316 e. The number of ether oxygens (including phenoxy) is 1. The van der Waals surface area contributed by atoms with Crippen LogP contribution in [0.5, 0.6) is 6.01 Å². The molecular formula is C19H20N4O4S. The first-order chi connectivity index (χ1) is 13.5. The van der Waals surface area contributed by atoms with Crippen molar-refractivity contribution in [2.75, 3.05) is 13.1 Å². The molecule has 0 saturated carbocycles. The Labute approximate surface area is 163 Å². The lowest BCUT2D eigenvalue weighted by molar-refractivity contribution is 0.119. The van der Waals surface area contributed by atoms with Gasteiger partial charge >= 0.3 is 6.01 Å². The molecule has 0 bridgehead atoms. The van der Waals surface area contributed by atoms with Crippen molar-refractivity contribution in [2.45, 2.75) is 30.8 Å². The van der Waals surface area contributed by atoms with Gasteiger partial charge in [-0.05, 0) is 31.0 Å². The Kier molecular flexibility index (Phi) is 5.10. The van der Waals surface area contributed by atoms with Crippen LogP contribution in [0.15, 0.2) is 58.3 Å². The summed E-state index contributed by atoms with van der Waals surface area (Å²) in [5.74, 6) is 0.563. The lowest BCUT2D eigenvalue weighted by atomic mass is 10.1. The first-order valence-corrected chi connectivity index (χ1v) is 10.4. The quantitative estimate of drug-likeness (QED) is 0.649. The third kappa shape index (κ3) is 3.90. The minimum absolute atomic E-state index is 0.244. The van der Waals surface area contributed by atoms with E-state index in [-0.39, 0.29) is 23.6 Å². The van der Waals surface area contributed by atoms with Crippen molar-refractivity contribution in [3.05, 3.63) is 54.9 Å². The van der Waals surface area contributed by atoms with Crippen molar-refractivity contribution in [1.29, 1.82) is 0 Å². The van der Waals surface area contributed by atoms with E-state index >= 15 is 0 Å². The number of benzene rings is 1. The zero-order valence-corrected chi connectivity index (χ0v) is 16.2. The normalized spacial score (nSPS) is 18.1. The van der Waals surface area contributed by atoms with Gasteiger partial charge in [0.25, 0.3) is 0 Å². The maximum Gasteiger partial charge on any atom is 0.316 e. The van der Waals surface area contributed by atoms with Gasteiger partial charge in [0, 0.05) is 31.4 Å². The maximum absolute atomic E-state index is 13.0. The molecule has 3 heterocycles. The van der Waals surface area contributed by atoms with Gasteiger partial charge in [0.05, 0.1) is 11.4 Å². The summed E-state index contributed by atoms with van der Waals surface area (Å²) in [5, 5.41) is 0. The molecule has 0 amide bonds. The molecule has 8 nitrogen and oxygen atoms in total. The number of nitrogens with zero attached hydrogens (tertiary/aromatic N) is 4. The second-order valence-electron chi connectivity index (χ2n) is 6.55. The first-order valence-electron chi connectivity index (χ1n) is 8.99. The van der Waals surface area contributed by atoms with Crippen LogP contribution in [0.1, 0.15) is 18.7 Å². The Hall–Kier alpha value is -2.78. The van der Waals surface area contributed by atoms with Crippen molar-refractivity contribution in [2.24, 2.45) is 0 Å². The molecule has 4 rings (SSSR count). The number of piperidine rings is 1. The van der Waals surface area contributed by atoms with Gasteiger partial charge in [-0.1, -0.05) is 12.1 Å². The van der Waals surface area contributed by atoms with E-state index in [4.69, 9.17) is 9.15 Å². The molecule has 2 aromatic heterocycles. The fourth-order valence-electron chi connectivity index (χ4n) is 3.16. The molecule has 1 aliphatic heterocycles. The van der Waals surface area contributed by atoms with Gasteiger partial charge < -0.3 is 9.15 Å². The highest BCUT2D eigenvalue weighted by Gasteiger charge is 2.31. The first kappa shape index (κ1) is 18.6. The van der Waals surface area contributed by atoms with Crippen LogP contribution in [-0.4, -0.2) is 46.9 Å². The third-order valence-corrected chi connectivity index (χ3v) is 6.44. The van der Waals surface area contributed by atoms with Crippen molar-refractivity contribution < 1.29 is 17.6 Å². The summed E-state index contributed by atoms with van der Waals surface area (Å²) in [7, 11) is -3.61. The second kappa shape index (κ2) is 7.69. The molecule has 0 N–H and O–H groups in total. The lowest BCUT2D eigenvalue weighted by Gasteiger charge is -2.31. The van der Waals surface area contributed by atoms with E-state index in [0.717, 1.165) is 12.0 Å². The Morgan fingerprint density at radius 2 is 1.93 bits per heavy atom. The average Bonchev–Trinajstić information content (AvgIpc) is 3.15. The highest BCUT2D eigenvalue weighted by Crippen LogP contribution is 2.25. The minimum atomic E-state index is -3.61. The molecule has 9 heteroatoms. The predicted octanol–water partition coefficient (Wildman–Crippen LogP) is 2.67. The number of aromatic nitrogens is 3. The average molecular weight is 400 g/mol. The summed E-state index contributed by atoms with van der Waals surface area (Å²) >= 11 is 0. The van der Waals surface area contributed by atoms with Gasteiger partial charge in [-0.2, -0.15) is 4.31 Å². The molecule has 28 heavy (non-hydrogen) atoms.